The number of urea groups is 1. The lowest BCUT2D eigenvalue weighted by Gasteiger charge is -2.43. The molecule has 2 saturated heterocycles. The summed E-state index contributed by atoms with van der Waals surface area (Å²) in [6.45, 7) is 1.62. The largest absolute Gasteiger partial charge is 0.338 e. The summed E-state index contributed by atoms with van der Waals surface area (Å²) < 4.78 is 26.5. The summed E-state index contributed by atoms with van der Waals surface area (Å²) in [4.78, 5) is 27.7. The lowest BCUT2D eigenvalue weighted by Crippen LogP contribution is -2.56. The Hall–Kier alpha value is -2.74. The van der Waals surface area contributed by atoms with E-state index in [-0.39, 0.29) is 30.1 Å². The number of amides is 3. The van der Waals surface area contributed by atoms with Crippen LogP contribution in [0.1, 0.15) is 24.0 Å². The fourth-order valence-corrected chi connectivity index (χ4v) is 6.05. The molecule has 1 spiro atoms. The van der Waals surface area contributed by atoms with Crippen LogP contribution in [-0.4, -0.2) is 56.2 Å². The minimum Gasteiger partial charge on any atom is -0.338 e. The van der Waals surface area contributed by atoms with Gasteiger partial charge < -0.3 is 15.1 Å². The topological polar surface area (TPSA) is 69.7 Å². The van der Waals surface area contributed by atoms with E-state index in [0.717, 1.165) is 12.0 Å². The van der Waals surface area contributed by atoms with Crippen molar-refractivity contribution < 1.29 is 18.2 Å². The number of benzene rings is 2. The monoisotopic (exact) mass is 443 g/mol. The second kappa shape index (κ2) is 9.18. The number of halogens is 1. The number of likely N-dealkylation sites (tertiary alicyclic amines) is 1. The van der Waals surface area contributed by atoms with Gasteiger partial charge in [-0.25, -0.2) is 9.18 Å². The first kappa shape index (κ1) is 21.5. The summed E-state index contributed by atoms with van der Waals surface area (Å²) in [5, 5.41) is 2.95. The molecule has 0 bridgehead atoms. The van der Waals surface area contributed by atoms with Crippen LogP contribution in [0.15, 0.2) is 54.6 Å². The van der Waals surface area contributed by atoms with E-state index in [9.17, 15) is 18.2 Å². The van der Waals surface area contributed by atoms with E-state index in [1.54, 1.807) is 21.9 Å². The molecule has 3 amide bonds. The molecule has 2 aromatic rings. The third-order valence-corrected chi connectivity index (χ3v) is 8.05. The van der Waals surface area contributed by atoms with Crippen molar-refractivity contribution in [3.8, 4) is 0 Å². The van der Waals surface area contributed by atoms with Crippen molar-refractivity contribution >= 4 is 22.7 Å². The number of rotatable bonds is 5. The minimum absolute atomic E-state index is 0.0153. The summed E-state index contributed by atoms with van der Waals surface area (Å²) in [7, 11) is -1.34. The molecule has 2 aliphatic rings. The van der Waals surface area contributed by atoms with Gasteiger partial charge in [0.15, 0.2) is 0 Å². The Morgan fingerprint density at radius 3 is 2.48 bits per heavy atom. The average Bonchev–Trinajstić information content (AvgIpc) is 2.99. The van der Waals surface area contributed by atoms with Gasteiger partial charge in [-0.1, -0.05) is 42.5 Å². The smallest absolute Gasteiger partial charge is 0.317 e. The molecular weight excluding hydrogens is 417 g/mol. The molecule has 164 valence electrons. The van der Waals surface area contributed by atoms with E-state index in [1.165, 1.54) is 12.1 Å². The Morgan fingerprint density at radius 1 is 1.06 bits per heavy atom. The first-order valence-corrected chi connectivity index (χ1v) is 11.8. The van der Waals surface area contributed by atoms with Crippen molar-refractivity contribution in [2.24, 2.45) is 0 Å². The van der Waals surface area contributed by atoms with Crippen LogP contribution in [-0.2, 0) is 28.6 Å². The molecule has 1 N–H and O–H groups in total. The average molecular weight is 444 g/mol. The van der Waals surface area contributed by atoms with E-state index in [0.29, 0.717) is 38.0 Å². The van der Waals surface area contributed by atoms with E-state index in [4.69, 9.17) is 0 Å². The molecule has 0 aliphatic carbocycles. The van der Waals surface area contributed by atoms with Gasteiger partial charge in [-0.3, -0.25) is 9.00 Å². The Balaban J connectivity index is 1.36. The van der Waals surface area contributed by atoms with Crippen LogP contribution in [0.3, 0.4) is 0 Å². The molecule has 0 aromatic heterocycles. The first-order valence-electron chi connectivity index (χ1n) is 10.5. The fourth-order valence-electron chi connectivity index (χ4n) is 4.35. The lowest BCUT2D eigenvalue weighted by atomic mass is 10.0. The molecule has 31 heavy (non-hydrogen) atoms. The number of hydrogen-bond donors (Lipinski definition) is 1. The van der Waals surface area contributed by atoms with Crippen LogP contribution in [0, 0.1) is 5.82 Å². The highest BCUT2D eigenvalue weighted by atomic mass is 32.2. The molecule has 0 saturated carbocycles. The quantitative estimate of drug-likeness (QED) is 0.773. The number of carbonyl (C=O) groups excluding carboxylic acids is 2. The van der Waals surface area contributed by atoms with Crippen molar-refractivity contribution in [3.63, 3.8) is 0 Å². The SMILES string of the molecule is O=C(NCCc1ccccc1)N1CCC2(CC1)N(Cc1cccc(F)c1)C(=O)CS2=O. The Morgan fingerprint density at radius 2 is 1.77 bits per heavy atom. The summed E-state index contributed by atoms with van der Waals surface area (Å²) >= 11 is 0. The summed E-state index contributed by atoms with van der Waals surface area (Å²) in [6, 6.07) is 15.9. The molecule has 4 rings (SSSR count). The molecule has 2 aromatic carbocycles. The van der Waals surface area contributed by atoms with Gasteiger partial charge >= 0.3 is 6.03 Å². The highest BCUT2D eigenvalue weighted by molar-refractivity contribution is 7.87. The summed E-state index contributed by atoms with van der Waals surface area (Å²) in [6.07, 6.45) is 1.66. The molecule has 6 nitrogen and oxygen atoms in total. The highest BCUT2D eigenvalue weighted by Gasteiger charge is 2.53. The minimum atomic E-state index is -1.34. The molecule has 2 heterocycles. The maximum absolute atomic E-state index is 13.6. The van der Waals surface area contributed by atoms with Gasteiger partial charge in [0.2, 0.25) is 5.91 Å². The molecule has 2 fully saturated rings. The zero-order chi connectivity index (χ0) is 21.8. The molecular formula is C23H26FN3O3S. The van der Waals surface area contributed by atoms with Gasteiger partial charge in [-0.2, -0.15) is 0 Å². The molecule has 1 atom stereocenters. The zero-order valence-electron chi connectivity index (χ0n) is 17.3. The standard InChI is InChI=1S/C23H26FN3O3S/c24-20-8-4-7-19(15-20)16-27-21(28)17-31(30)23(27)10-13-26(14-11-23)22(29)25-12-9-18-5-2-1-3-6-18/h1-8,15H,9-14,16-17H2,(H,25,29). The van der Waals surface area contributed by atoms with Crippen LogP contribution >= 0.6 is 0 Å². The molecule has 2 aliphatic heterocycles. The van der Waals surface area contributed by atoms with Gasteiger partial charge in [-0.05, 0) is 29.7 Å². The maximum atomic E-state index is 13.6. The summed E-state index contributed by atoms with van der Waals surface area (Å²) in [5.74, 6) is -0.553. The predicted octanol–water partition coefficient (Wildman–Crippen LogP) is 2.66. The van der Waals surface area contributed by atoms with Gasteiger partial charge in [0.1, 0.15) is 16.4 Å². The Bertz CT molecular complexity index is 977. The number of piperidine rings is 1. The first-order chi connectivity index (χ1) is 15.0. The van der Waals surface area contributed by atoms with Gasteiger partial charge in [0.25, 0.3) is 0 Å². The number of nitrogens with one attached hydrogen (secondary N) is 1. The van der Waals surface area contributed by atoms with Crippen LogP contribution in [0.5, 0.6) is 0 Å². The Labute approximate surface area is 183 Å². The van der Waals surface area contributed by atoms with Crippen molar-refractivity contribution in [2.45, 2.75) is 30.7 Å². The molecule has 1 unspecified atom stereocenters. The van der Waals surface area contributed by atoms with Crippen LogP contribution < -0.4 is 5.32 Å². The zero-order valence-corrected chi connectivity index (χ0v) is 18.1. The van der Waals surface area contributed by atoms with Crippen molar-refractivity contribution in [3.05, 3.63) is 71.5 Å². The van der Waals surface area contributed by atoms with Gasteiger partial charge in [0.05, 0.1) is 10.8 Å². The van der Waals surface area contributed by atoms with Crippen LogP contribution in [0.4, 0.5) is 9.18 Å². The summed E-state index contributed by atoms with van der Waals surface area (Å²) in [5.41, 5.74) is 1.83. The molecule has 8 heteroatoms. The molecule has 0 radical (unpaired) electrons. The second-order valence-electron chi connectivity index (χ2n) is 8.00. The number of nitrogens with zero attached hydrogens (tertiary/aromatic N) is 2. The Kier molecular flexibility index (Phi) is 6.36. The van der Waals surface area contributed by atoms with Crippen molar-refractivity contribution in [2.75, 3.05) is 25.4 Å². The van der Waals surface area contributed by atoms with Crippen LogP contribution in [0.25, 0.3) is 0 Å². The number of carbonyl (C=O) groups is 2. The normalized spacial score (nSPS) is 20.3. The van der Waals surface area contributed by atoms with E-state index >= 15 is 0 Å². The van der Waals surface area contributed by atoms with Gasteiger partial charge in [0, 0.05) is 39.0 Å². The van der Waals surface area contributed by atoms with E-state index < -0.39 is 15.7 Å². The van der Waals surface area contributed by atoms with Gasteiger partial charge in [-0.15, -0.1) is 0 Å². The van der Waals surface area contributed by atoms with E-state index in [2.05, 4.69) is 5.32 Å². The highest BCUT2D eigenvalue weighted by Crippen LogP contribution is 2.38. The van der Waals surface area contributed by atoms with E-state index in [1.807, 2.05) is 30.3 Å². The van der Waals surface area contributed by atoms with Crippen molar-refractivity contribution in [1.29, 1.82) is 0 Å². The van der Waals surface area contributed by atoms with Crippen molar-refractivity contribution in [1.82, 2.24) is 15.1 Å². The maximum Gasteiger partial charge on any atom is 0.317 e. The number of hydrogen-bond acceptors (Lipinski definition) is 3. The third-order valence-electron chi connectivity index (χ3n) is 6.07. The lowest BCUT2D eigenvalue weighted by molar-refractivity contribution is -0.131. The van der Waals surface area contributed by atoms with Crippen LogP contribution in [0.2, 0.25) is 0 Å². The fraction of sp³-hybridized carbons (Fsp3) is 0.391. The predicted molar refractivity (Wildman–Crippen MR) is 117 cm³/mol. The third kappa shape index (κ3) is 4.63. The second-order valence-corrected chi connectivity index (χ2v) is 9.74.